The molecule has 1 aliphatic rings. The summed E-state index contributed by atoms with van der Waals surface area (Å²) in [7, 11) is 1.46. The number of rotatable bonds is 2. The van der Waals surface area contributed by atoms with E-state index in [1.807, 2.05) is 6.07 Å². The first-order valence-corrected chi connectivity index (χ1v) is 5.65. The lowest BCUT2D eigenvalue weighted by molar-refractivity contribution is -0.128. The third-order valence-corrected chi connectivity index (χ3v) is 3.43. The molecule has 1 aliphatic carbocycles. The minimum absolute atomic E-state index is 0.250. The third-order valence-electron chi connectivity index (χ3n) is 3.43. The summed E-state index contributed by atoms with van der Waals surface area (Å²) in [5.41, 5.74) is -0.736. The Labute approximate surface area is 104 Å². The molecule has 1 saturated carbocycles. The van der Waals surface area contributed by atoms with E-state index in [1.54, 1.807) is 0 Å². The predicted octanol–water partition coefficient (Wildman–Crippen LogP) is 2.62. The number of carbonyl (C=O) groups excluding carboxylic acids is 1. The quantitative estimate of drug-likeness (QED) is 0.809. The maximum Gasteiger partial charge on any atom is 0.247 e. The lowest BCUT2D eigenvalue weighted by Gasteiger charge is -2.36. The van der Waals surface area contributed by atoms with E-state index in [-0.39, 0.29) is 11.6 Å². The highest BCUT2D eigenvalue weighted by molar-refractivity contribution is 5.99. The maximum absolute atomic E-state index is 13.1. The molecule has 0 radical (unpaired) electrons. The van der Waals surface area contributed by atoms with E-state index < -0.39 is 17.0 Å². The summed E-state index contributed by atoms with van der Waals surface area (Å²) in [5.74, 6) is -2.33. The molecule has 3 nitrogen and oxygen atoms in total. The van der Waals surface area contributed by atoms with Crippen molar-refractivity contribution >= 4 is 11.6 Å². The van der Waals surface area contributed by atoms with Gasteiger partial charge in [-0.15, -0.1) is 0 Å². The zero-order chi connectivity index (χ0) is 13.3. The van der Waals surface area contributed by atoms with Crippen LogP contribution in [-0.4, -0.2) is 13.0 Å². The molecule has 1 aromatic carbocycles. The molecule has 18 heavy (non-hydrogen) atoms. The monoisotopic (exact) mass is 250 g/mol. The van der Waals surface area contributed by atoms with Crippen LogP contribution in [0, 0.1) is 28.4 Å². The van der Waals surface area contributed by atoms with Crippen LogP contribution in [0.5, 0.6) is 0 Å². The van der Waals surface area contributed by atoms with Crippen LogP contribution in [0.25, 0.3) is 0 Å². The van der Waals surface area contributed by atoms with Gasteiger partial charge in [0.2, 0.25) is 5.91 Å². The molecule has 94 valence electrons. The number of halogens is 2. The molecule has 0 atom stereocenters. The van der Waals surface area contributed by atoms with Crippen molar-refractivity contribution in [3.8, 4) is 6.07 Å². The first-order chi connectivity index (χ1) is 8.50. The van der Waals surface area contributed by atoms with E-state index in [4.69, 9.17) is 5.26 Å². The van der Waals surface area contributed by atoms with Crippen molar-refractivity contribution in [2.24, 2.45) is 5.41 Å². The molecule has 0 bridgehead atoms. The van der Waals surface area contributed by atoms with Crippen LogP contribution in [-0.2, 0) is 4.79 Å². The molecule has 0 aromatic heterocycles. The van der Waals surface area contributed by atoms with E-state index in [2.05, 4.69) is 0 Å². The number of nitriles is 1. The predicted molar refractivity (Wildman–Crippen MR) is 61.7 cm³/mol. The van der Waals surface area contributed by atoms with Crippen LogP contribution < -0.4 is 4.90 Å². The lowest BCUT2D eigenvalue weighted by atomic mass is 9.69. The summed E-state index contributed by atoms with van der Waals surface area (Å²) in [6.45, 7) is 0. The van der Waals surface area contributed by atoms with Gasteiger partial charge in [0.05, 0.1) is 6.07 Å². The first kappa shape index (κ1) is 12.5. The van der Waals surface area contributed by atoms with Gasteiger partial charge in [0.15, 0.2) is 11.6 Å². The molecule has 0 spiro atoms. The fourth-order valence-corrected chi connectivity index (χ4v) is 2.04. The van der Waals surface area contributed by atoms with Gasteiger partial charge in [0, 0.05) is 18.8 Å². The topological polar surface area (TPSA) is 44.1 Å². The molecule has 0 N–H and O–H groups in total. The average molecular weight is 250 g/mol. The molecule has 5 heteroatoms. The molecule has 1 amide bonds. The van der Waals surface area contributed by atoms with Gasteiger partial charge in [-0.05, 0) is 31.4 Å². The largest absolute Gasteiger partial charge is 0.314 e. The van der Waals surface area contributed by atoms with Crippen LogP contribution in [0.1, 0.15) is 19.3 Å². The van der Waals surface area contributed by atoms with E-state index in [1.165, 1.54) is 18.0 Å². The van der Waals surface area contributed by atoms with Gasteiger partial charge in [-0.2, -0.15) is 5.26 Å². The Hall–Kier alpha value is -1.96. The SMILES string of the molecule is CN(C(=O)C1(C#N)CCC1)c1ccc(F)c(F)c1. The lowest BCUT2D eigenvalue weighted by Crippen LogP contribution is -2.45. The maximum atomic E-state index is 13.1. The Morgan fingerprint density at radius 2 is 2.06 bits per heavy atom. The van der Waals surface area contributed by atoms with Crippen LogP contribution in [0.15, 0.2) is 18.2 Å². The summed E-state index contributed by atoms with van der Waals surface area (Å²) in [6.07, 6.45) is 1.89. The van der Waals surface area contributed by atoms with E-state index in [9.17, 15) is 13.6 Å². The van der Waals surface area contributed by atoms with Crippen molar-refractivity contribution < 1.29 is 13.6 Å². The number of benzene rings is 1. The Morgan fingerprint density at radius 1 is 1.39 bits per heavy atom. The second-order valence-electron chi connectivity index (χ2n) is 4.51. The second kappa shape index (κ2) is 4.37. The van der Waals surface area contributed by atoms with Gasteiger partial charge in [-0.3, -0.25) is 4.79 Å². The van der Waals surface area contributed by atoms with Gasteiger partial charge in [-0.25, -0.2) is 8.78 Å². The summed E-state index contributed by atoms with van der Waals surface area (Å²) < 4.78 is 25.9. The Kier molecular flexibility index (Phi) is 3.04. The van der Waals surface area contributed by atoms with Crippen molar-refractivity contribution in [3.63, 3.8) is 0 Å². The molecule has 0 aliphatic heterocycles. The second-order valence-corrected chi connectivity index (χ2v) is 4.51. The fourth-order valence-electron chi connectivity index (χ4n) is 2.04. The third kappa shape index (κ3) is 1.84. The van der Waals surface area contributed by atoms with Crippen molar-refractivity contribution in [2.75, 3.05) is 11.9 Å². The number of carbonyl (C=O) groups is 1. The highest BCUT2D eigenvalue weighted by atomic mass is 19.2. The summed E-state index contributed by atoms with van der Waals surface area (Å²) in [6, 6.07) is 5.27. The van der Waals surface area contributed by atoms with Gasteiger partial charge < -0.3 is 4.90 Å². The Bertz CT molecular complexity index is 532. The van der Waals surface area contributed by atoms with Crippen molar-refractivity contribution in [2.45, 2.75) is 19.3 Å². The van der Waals surface area contributed by atoms with Gasteiger partial charge in [0.1, 0.15) is 5.41 Å². The van der Waals surface area contributed by atoms with Crippen molar-refractivity contribution in [1.29, 1.82) is 5.26 Å². The summed E-state index contributed by atoms with van der Waals surface area (Å²) >= 11 is 0. The molecule has 1 fully saturated rings. The molecule has 2 rings (SSSR count). The van der Waals surface area contributed by atoms with E-state index in [0.29, 0.717) is 12.8 Å². The van der Waals surface area contributed by atoms with Gasteiger partial charge in [-0.1, -0.05) is 0 Å². The van der Waals surface area contributed by atoms with Crippen LogP contribution in [0.4, 0.5) is 14.5 Å². The summed E-state index contributed by atoms with van der Waals surface area (Å²) in [5, 5.41) is 9.07. The number of hydrogen-bond donors (Lipinski definition) is 0. The molecular weight excluding hydrogens is 238 g/mol. The van der Waals surface area contributed by atoms with Gasteiger partial charge >= 0.3 is 0 Å². The minimum atomic E-state index is -1.01. The highest BCUT2D eigenvalue weighted by Gasteiger charge is 2.46. The molecular formula is C13H12F2N2O. The van der Waals surface area contributed by atoms with Gasteiger partial charge in [0.25, 0.3) is 0 Å². The number of anilines is 1. The smallest absolute Gasteiger partial charge is 0.247 e. The number of amides is 1. The highest BCUT2D eigenvalue weighted by Crippen LogP contribution is 2.42. The molecule has 0 unspecified atom stereocenters. The molecule has 1 aromatic rings. The molecule has 0 saturated heterocycles. The standard InChI is InChI=1S/C13H12F2N2O/c1-17(9-3-4-10(14)11(15)7-9)12(18)13(8-16)5-2-6-13/h3-4,7H,2,5-6H2,1H3. The van der Waals surface area contributed by atoms with E-state index in [0.717, 1.165) is 18.6 Å². The first-order valence-electron chi connectivity index (χ1n) is 5.65. The summed E-state index contributed by atoms with van der Waals surface area (Å²) in [4.78, 5) is 13.4. The van der Waals surface area contributed by atoms with Crippen LogP contribution in [0.3, 0.4) is 0 Å². The fraction of sp³-hybridized carbons (Fsp3) is 0.385. The molecule has 0 heterocycles. The number of hydrogen-bond acceptors (Lipinski definition) is 2. The average Bonchev–Trinajstić information content (AvgIpc) is 2.31. The number of nitrogens with zero attached hydrogens (tertiary/aromatic N) is 2. The van der Waals surface area contributed by atoms with Crippen molar-refractivity contribution in [3.05, 3.63) is 29.8 Å². The van der Waals surface area contributed by atoms with Crippen LogP contribution in [0.2, 0.25) is 0 Å². The normalized spacial score (nSPS) is 16.6. The van der Waals surface area contributed by atoms with Crippen molar-refractivity contribution in [1.82, 2.24) is 0 Å². The Balaban J connectivity index is 2.26. The Morgan fingerprint density at radius 3 is 2.50 bits per heavy atom. The minimum Gasteiger partial charge on any atom is -0.314 e. The zero-order valence-corrected chi connectivity index (χ0v) is 9.91. The van der Waals surface area contributed by atoms with Crippen LogP contribution >= 0.6 is 0 Å². The zero-order valence-electron chi connectivity index (χ0n) is 9.91. The van der Waals surface area contributed by atoms with E-state index >= 15 is 0 Å².